The van der Waals surface area contributed by atoms with E-state index in [-0.39, 0.29) is 0 Å². The van der Waals surface area contributed by atoms with Crippen LogP contribution in [-0.2, 0) is 0 Å². The summed E-state index contributed by atoms with van der Waals surface area (Å²) in [7, 11) is 0. The standard InChI is InChI=1S/C17H22N2S/c1-17(2)10-8-14(9-11-17)19-15(12-18-16(19)20)13-6-4-3-5-7-13/h3-7,12,14H,8-11H2,1-2H3,(H,18,20). The summed E-state index contributed by atoms with van der Waals surface area (Å²) in [5, 5.41) is 0. The monoisotopic (exact) mass is 286 g/mol. The van der Waals surface area contributed by atoms with Crippen molar-refractivity contribution in [2.24, 2.45) is 5.41 Å². The maximum absolute atomic E-state index is 5.52. The molecule has 1 aromatic heterocycles. The molecule has 0 spiro atoms. The van der Waals surface area contributed by atoms with Crippen molar-refractivity contribution in [3.8, 4) is 11.3 Å². The second kappa shape index (κ2) is 5.21. The molecule has 1 N–H and O–H groups in total. The van der Waals surface area contributed by atoms with Crippen LogP contribution in [0.1, 0.15) is 45.6 Å². The number of nitrogens with zero attached hydrogens (tertiary/aromatic N) is 1. The Labute approximate surface area is 125 Å². The fourth-order valence-electron chi connectivity index (χ4n) is 3.21. The van der Waals surface area contributed by atoms with Crippen molar-refractivity contribution < 1.29 is 0 Å². The van der Waals surface area contributed by atoms with Crippen LogP contribution < -0.4 is 0 Å². The molecule has 3 rings (SSSR count). The number of hydrogen-bond donors (Lipinski definition) is 1. The Hall–Kier alpha value is -1.35. The van der Waals surface area contributed by atoms with Gasteiger partial charge >= 0.3 is 0 Å². The molecule has 106 valence electrons. The molecule has 1 aromatic carbocycles. The third kappa shape index (κ3) is 2.59. The Balaban J connectivity index is 1.95. The fraction of sp³-hybridized carbons (Fsp3) is 0.471. The largest absolute Gasteiger partial charge is 0.337 e. The molecular formula is C17H22N2S. The zero-order valence-corrected chi connectivity index (χ0v) is 13.0. The summed E-state index contributed by atoms with van der Waals surface area (Å²) in [6.45, 7) is 4.75. The quantitative estimate of drug-likeness (QED) is 0.738. The molecule has 1 heterocycles. The SMILES string of the molecule is CC1(C)CCC(n2c(-c3ccccc3)c[nH]c2=S)CC1. The minimum absolute atomic E-state index is 0.488. The summed E-state index contributed by atoms with van der Waals surface area (Å²) in [5.41, 5.74) is 2.95. The number of rotatable bonds is 2. The van der Waals surface area contributed by atoms with E-state index in [1.807, 2.05) is 0 Å². The van der Waals surface area contributed by atoms with Crippen molar-refractivity contribution in [1.29, 1.82) is 0 Å². The van der Waals surface area contributed by atoms with Gasteiger partial charge in [0.15, 0.2) is 4.77 Å². The molecule has 0 unspecified atom stereocenters. The lowest BCUT2D eigenvalue weighted by atomic mass is 9.75. The number of imidazole rings is 1. The number of H-pyrrole nitrogens is 1. The molecule has 0 aliphatic heterocycles. The van der Waals surface area contributed by atoms with E-state index in [0.29, 0.717) is 11.5 Å². The molecule has 0 saturated heterocycles. The second-order valence-corrected chi connectivity index (χ2v) is 7.00. The molecule has 2 aromatic rings. The van der Waals surface area contributed by atoms with Crippen molar-refractivity contribution in [2.45, 2.75) is 45.6 Å². The molecule has 0 amide bonds. The van der Waals surface area contributed by atoms with E-state index in [1.165, 1.54) is 36.9 Å². The van der Waals surface area contributed by atoms with Gasteiger partial charge in [0.05, 0.1) is 5.69 Å². The molecule has 3 heteroatoms. The smallest absolute Gasteiger partial charge is 0.177 e. The molecule has 0 atom stereocenters. The van der Waals surface area contributed by atoms with E-state index in [0.717, 1.165) is 4.77 Å². The molecule has 0 radical (unpaired) electrons. The topological polar surface area (TPSA) is 20.7 Å². The van der Waals surface area contributed by atoms with E-state index < -0.39 is 0 Å². The first-order valence-corrected chi connectivity index (χ1v) is 7.83. The van der Waals surface area contributed by atoms with E-state index >= 15 is 0 Å². The van der Waals surface area contributed by atoms with Gasteiger partial charge in [0.2, 0.25) is 0 Å². The molecule has 1 aliphatic carbocycles. The van der Waals surface area contributed by atoms with Gasteiger partial charge in [-0.25, -0.2) is 0 Å². The maximum atomic E-state index is 5.52. The number of hydrogen-bond acceptors (Lipinski definition) is 1. The van der Waals surface area contributed by atoms with Crippen LogP contribution in [0.15, 0.2) is 36.5 Å². The number of aromatic amines is 1. The molecule has 1 saturated carbocycles. The van der Waals surface area contributed by atoms with Crippen molar-refractivity contribution in [3.63, 3.8) is 0 Å². The van der Waals surface area contributed by atoms with Gasteiger partial charge < -0.3 is 9.55 Å². The number of nitrogens with one attached hydrogen (secondary N) is 1. The van der Waals surface area contributed by atoms with Gasteiger partial charge in [0.1, 0.15) is 0 Å². The third-order valence-corrected chi connectivity index (χ3v) is 4.87. The second-order valence-electron chi connectivity index (χ2n) is 6.61. The van der Waals surface area contributed by atoms with E-state index in [1.54, 1.807) is 0 Å². The van der Waals surface area contributed by atoms with Crippen molar-refractivity contribution in [3.05, 3.63) is 41.3 Å². The summed E-state index contributed by atoms with van der Waals surface area (Å²) in [5.74, 6) is 0. The molecule has 2 nitrogen and oxygen atoms in total. The van der Waals surface area contributed by atoms with E-state index in [4.69, 9.17) is 12.2 Å². The minimum Gasteiger partial charge on any atom is -0.337 e. The predicted molar refractivity (Wildman–Crippen MR) is 86.3 cm³/mol. The highest BCUT2D eigenvalue weighted by atomic mass is 32.1. The van der Waals surface area contributed by atoms with Gasteiger partial charge in [-0.1, -0.05) is 44.2 Å². The summed E-state index contributed by atoms with van der Waals surface area (Å²) in [4.78, 5) is 3.23. The summed E-state index contributed by atoms with van der Waals surface area (Å²) >= 11 is 5.52. The fourth-order valence-corrected chi connectivity index (χ4v) is 3.52. The van der Waals surface area contributed by atoms with Crippen LogP contribution in [0.25, 0.3) is 11.3 Å². The van der Waals surface area contributed by atoms with E-state index in [2.05, 4.69) is 59.9 Å². The van der Waals surface area contributed by atoms with Crippen LogP contribution in [0.5, 0.6) is 0 Å². The van der Waals surface area contributed by atoms with Gasteiger partial charge in [-0.2, -0.15) is 0 Å². The molecule has 0 bridgehead atoms. The lowest BCUT2D eigenvalue weighted by Crippen LogP contribution is -2.23. The average Bonchev–Trinajstić information content (AvgIpc) is 2.82. The Bertz CT molecular complexity index is 627. The van der Waals surface area contributed by atoms with Crippen molar-refractivity contribution in [1.82, 2.24) is 9.55 Å². The maximum Gasteiger partial charge on any atom is 0.177 e. The Kier molecular flexibility index (Phi) is 3.55. The molecule has 1 aliphatic rings. The highest BCUT2D eigenvalue weighted by molar-refractivity contribution is 7.71. The van der Waals surface area contributed by atoms with Crippen LogP contribution >= 0.6 is 12.2 Å². The summed E-state index contributed by atoms with van der Waals surface area (Å²) < 4.78 is 3.19. The zero-order chi connectivity index (χ0) is 14.2. The Morgan fingerprint density at radius 1 is 1.15 bits per heavy atom. The van der Waals surface area contributed by atoms with Gasteiger partial charge in [-0.15, -0.1) is 0 Å². The van der Waals surface area contributed by atoms with Gasteiger partial charge in [-0.3, -0.25) is 0 Å². The molecule has 1 fully saturated rings. The minimum atomic E-state index is 0.488. The van der Waals surface area contributed by atoms with E-state index in [9.17, 15) is 0 Å². The average molecular weight is 286 g/mol. The lowest BCUT2D eigenvalue weighted by Gasteiger charge is -2.35. The van der Waals surface area contributed by atoms with Gasteiger partial charge in [0, 0.05) is 12.2 Å². The number of aromatic nitrogens is 2. The first kappa shape index (κ1) is 13.6. The summed E-state index contributed by atoms with van der Waals surface area (Å²) in [6.07, 6.45) is 7.05. The van der Waals surface area contributed by atoms with Crippen LogP contribution in [-0.4, -0.2) is 9.55 Å². The van der Waals surface area contributed by atoms with Gasteiger partial charge in [0.25, 0.3) is 0 Å². The zero-order valence-electron chi connectivity index (χ0n) is 12.2. The first-order chi connectivity index (χ1) is 9.57. The highest BCUT2D eigenvalue weighted by Gasteiger charge is 2.29. The Morgan fingerprint density at radius 3 is 2.45 bits per heavy atom. The Morgan fingerprint density at radius 2 is 1.80 bits per heavy atom. The summed E-state index contributed by atoms with van der Waals surface area (Å²) in [6, 6.07) is 11.1. The van der Waals surface area contributed by atoms with Crippen molar-refractivity contribution in [2.75, 3.05) is 0 Å². The molecule has 20 heavy (non-hydrogen) atoms. The number of benzene rings is 1. The van der Waals surface area contributed by atoms with Crippen LogP contribution in [0, 0.1) is 10.2 Å². The highest BCUT2D eigenvalue weighted by Crippen LogP contribution is 2.41. The van der Waals surface area contributed by atoms with Crippen LogP contribution in [0.3, 0.4) is 0 Å². The normalized spacial score (nSPS) is 19.1. The predicted octanol–water partition coefficient (Wildman–Crippen LogP) is 5.35. The lowest BCUT2D eigenvalue weighted by molar-refractivity contribution is 0.193. The van der Waals surface area contributed by atoms with Crippen LogP contribution in [0.2, 0.25) is 0 Å². The third-order valence-electron chi connectivity index (χ3n) is 4.55. The van der Waals surface area contributed by atoms with Crippen molar-refractivity contribution >= 4 is 12.2 Å². The van der Waals surface area contributed by atoms with Gasteiger partial charge in [-0.05, 0) is 48.9 Å². The molecular weight excluding hydrogens is 264 g/mol. The van der Waals surface area contributed by atoms with Crippen LogP contribution in [0.4, 0.5) is 0 Å². The first-order valence-electron chi connectivity index (χ1n) is 7.42.